The average molecular weight is 325 g/mol. The fourth-order valence-corrected chi connectivity index (χ4v) is 4.45. The van der Waals surface area contributed by atoms with Crippen LogP contribution in [0.4, 0.5) is 8.78 Å². The van der Waals surface area contributed by atoms with E-state index in [0.29, 0.717) is 13.1 Å². The monoisotopic (exact) mass is 324 g/mol. The van der Waals surface area contributed by atoms with Crippen LogP contribution in [0, 0.1) is 23.5 Å². The minimum Gasteiger partial charge on any atom is -0.316 e. The number of hydrogen-bond acceptors (Lipinski definition) is 3. The van der Waals surface area contributed by atoms with Crippen LogP contribution in [0.1, 0.15) is 0 Å². The second-order valence-corrected chi connectivity index (χ2v) is 6.98. The minimum absolute atomic E-state index is 0. The summed E-state index contributed by atoms with van der Waals surface area (Å²) in [5, 5.41) is 3.20. The molecule has 0 radical (unpaired) electrons. The Labute approximate surface area is 122 Å². The number of halogens is 3. The molecule has 0 bridgehead atoms. The van der Waals surface area contributed by atoms with E-state index in [-0.39, 0.29) is 24.2 Å². The van der Waals surface area contributed by atoms with Crippen molar-refractivity contribution in [3.05, 3.63) is 29.8 Å². The number of benzene rings is 1. The highest BCUT2D eigenvalue weighted by Gasteiger charge is 2.42. The SMILES string of the molecule is Cl.O=S(=O)(c1cc(F)ccc1F)N1C[C@H]2CNC[C@H]2C1. The van der Waals surface area contributed by atoms with Crippen molar-refractivity contribution in [2.24, 2.45) is 11.8 Å². The summed E-state index contributed by atoms with van der Waals surface area (Å²) in [6.45, 7) is 2.30. The maximum Gasteiger partial charge on any atom is 0.246 e. The first-order chi connectivity index (χ1) is 8.98. The molecule has 0 unspecified atom stereocenters. The van der Waals surface area contributed by atoms with E-state index < -0.39 is 26.6 Å². The number of nitrogens with one attached hydrogen (secondary N) is 1. The maximum absolute atomic E-state index is 13.6. The largest absolute Gasteiger partial charge is 0.316 e. The molecule has 0 aliphatic carbocycles. The lowest BCUT2D eigenvalue weighted by Gasteiger charge is -2.17. The number of sulfonamides is 1. The van der Waals surface area contributed by atoms with E-state index in [9.17, 15) is 17.2 Å². The number of nitrogens with zero attached hydrogens (tertiary/aromatic N) is 1. The molecule has 3 rings (SSSR count). The zero-order chi connectivity index (χ0) is 13.6. The maximum atomic E-state index is 13.6. The molecule has 2 heterocycles. The Bertz CT molecular complexity index is 599. The summed E-state index contributed by atoms with van der Waals surface area (Å²) >= 11 is 0. The van der Waals surface area contributed by atoms with Gasteiger partial charge in [-0.3, -0.25) is 0 Å². The molecule has 2 saturated heterocycles. The lowest BCUT2D eigenvalue weighted by atomic mass is 10.0. The summed E-state index contributed by atoms with van der Waals surface area (Å²) in [5.74, 6) is -1.12. The summed E-state index contributed by atoms with van der Waals surface area (Å²) in [4.78, 5) is -0.569. The van der Waals surface area contributed by atoms with Gasteiger partial charge in [0, 0.05) is 13.1 Å². The Morgan fingerprint density at radius 1 is 1.15 bits per heavy atom. The Hall–Kier alpha value is -0.760. The molecule has 0 saturated carbocycles. The predicted molar refractivity (Wildman–Crippen MR) is 72.2 cm³/mol. The molecule has 112 valence electrons. The molecule has 8 heteroatoms. The van der Waals surface area contributed by atoms with Crippen LogP contribution in [-0.4, -0.2) is 38.9 Å². The van der Waals surface area contributed by atoms with Gasteiger partial charge in [-0.25, -0.2) is 17.2 Å². The van der Waals surface area contributed by atoms with E-state index in [1.165, 1.54) is 4.31 Å². The van der Waals surface area contributed by atoms with Gasteiger partial charge in [-0.1, -0.05) is 0 Å². The first-order valence-corrected chi connectivity index (χ1v) is 7.58. The fraction of sp³-hybridized carbons (Fsp3) is 0.500. The molecule has 1 aromatic rings. The smallest absolute Gasteiger partial charge is 0.246 e. The van der Waals surface area contributed by atoms with Gasteiger partial charge in [0.25, 0.3) is 0 Å². The molecule has 2 aliphatic rings. The summed E-state index contributed by atoms with van der Waals surface area (Å²) < 4.78 is 52.7. The Morgan fingerprint density at radius 2 is 1.75 bits per heavy atom. The Balaban J connectivity index is 0.00000147. The van der Waals surface area contributed by atoms with Crippen molar-refractivity contribution < 1.29 is 17.2 Å². The van der Waals surface area contributed by atoms with Crippen molar-refractivity contribution in [2.45, 2.75) is 4.90 Å². The number of fused-ring (bicyclic) bond motifs is 1. The van der Waals surface area contributed by atoms with Crippen molar-refractivity contribution in [2.75, 3.05) is 26.2 Å². The van der Waals surface area contributed by atoms with Crippen LogP contribution < -0.4 is 5.32 Å². The third-order valence-corrected chi connectivity index (χ3v) is 5.71. The molecule has 0 spiro atoms. The summed E-state index contributed by atoms with van der Waals surface area (Å²) in [7, 11) is -3.94. The zero-order valence-corrected chi connectivity index (χ0v) is 12.2. The Kier molecular flexibility index (Phi) is 4.34. The standard InChI is InChI=1S/C12H14F2N2O2S.ClH/c13-10-1-2-11(14)12(3-10)19(17,18)16-6-8-4-15-5-9(8)7-16;/h1-3,8-9,15H,4-7H2;1H/t8-,9+;. The summed E-state index contributed by atoms with van der Waals surface area (Å²) in [5.41, 5.74) is 0. The third-order valence-electron chi connectivity index (χ3n) is 3.87. The van der Waals surface area contributed by atoms with E-state index >= 15 is 0 Å². The number of rotatable bonds is 2. The molecule has 1 aromatic carbocycles. The van der Waals surface area contributed by atoms with Gasteiger partial charge in [-0.15, -0.1) is 12.4 Å². The second-order valence-electron chi connectivity index (χ2n) is 5.08. The van der Waals surface area contributed by atoms with Crippen molar-refractivity contribution in [3.8, 4) is 0 Å². The topological polar surface area (TPSA) is 49.4 Å². The number of hydrogen-bond donors (Lipinski definition) is 1. The Morgan fingerprint density at radius 3 is 2.35 bits per heavy atom. The molecule has 2 aliphatic heterocycles. The normalized spacial score (nSPS) is 26.3. The van der Waals surface area contributed by atoms with Gasteiger partial charge >= 0.3 is 0 Å². The highest BCUT2D eigenvalue weighted by molar-refractivity contribution is 7.89. The van der Waals surface area contributed by atoms with Crippen molar-refractivity contribution in [1.29, 1.82) is 0 Å². The highest BCUT2D eigenvalue weighted by Crippen LogP contribution is 2.31. The van der Waals surface area contributed by atoms with Crippen LogP contribution in [-0.2, 0) is 10.0 Å². The van der Waals surface area contributed by atoms with Crippen LogP contribution in [0.5, 0.6) is 0 Å². The molecule has 0 amide bonds. The first kappa shape index (κ1) is 15.6. The van der Waals surface area contributed by atoms with Crippen LogP contribution in [0.3, 0.4) is 0 Å². The van der Waals surface area contributed by atoms with E-state index in [4.69, 9.17) is 0 Å². The first-order valence-electron chi connectivity index (χ1n) is 6.14. The van der Waals surface area contributed by atoms with Crippen molar-refractivity contribution in [1.82, 2.24) is 9.62 Å². The van der Waals surface area contributed by atoms with Gasteiger partial charge in [0.05, 0.1) is 0 Å². The minimum atomic E-state index is -3.94. The fourth-order valence-electron chi connectivity index (χ4n) is 2.82. The van der Waals surface area contributed by atoms with E-state index in [1.807, 2.05) is 0 Å². The van der Waals surface area contributed by atoms with Gasteiger partial charge in [-0.05, 0) is 43.1 Å². The zero-order valence-electron chi connectivity index (χ0n) is 10.6. The van der Waals surface area contributed by atoms with E-state index in [1.54, 1.807) is 0 Å². The van der Waals surface area contributed by atoms with Crippen molar-refractivity contribution >= 4 is 22.4 Å². The predicted octanol–water partition coefficient (Wildman–Crippen LogP) is 1.23. The second kappa shape index (κ2) is 5.55. The molecule has 1 N–H and O–H groups in total. The van der Waals surface area contributed by atoms with Gasteiger partial charge in [0.15, 0.2) is 0 Å². The molecule has 2 atom stereocenters. The summed E-state index contributed by atoms with van der Waals surface area (Å²) in [6, 6.07) is 2.51. The van der Waals surface area contributed by atoms with E-state index in [2.05, 4.69) is 5.32 Å². The lowest BCUT2D eigenvalue weighted by molar-refractivity contribution is 0.441. The molecule has 4 nitrogen and oxygen atoms in total. The average Bonchev–Trinajstić information content (AvgIpc) is 2.92. The molecule has 20 heavy (non-hydrogen) atoms. The van der Waals surface area contributed by atoms with Crippen molar-refractivity contribution in [3.63, 3.8) is 0 Å². The van der Waals surface area contributed by atoms with Gasteiger partial charge < -0.3 is 5.32 Å². The van der Waals surface area contributed by atoms with Crippen LogP contribution >= 0.6 is 12.4 Å². The molecular weight excluding hydrogens is 310 g/mol. The summed E-state index contributed by atoms with van der Waals surface area (Å²) in [6.07, 6.45) is 0. The van der Waals surface area contributed by atoms with Crippen LogP contribution in [0.2, 0.25) is 0 Å². The van der Waals surface area contributed by atoms with E-state index in [0.717, 1.165) is 31.3 Å². The van der Waals surface area contributed by atoms with Gasteiger partial charge in [0.1, 0.15) is 16.5 Å². The van der Waals surface area contributed by atoms with Crippen LogP contribution in [0.25, 0.3) is 0 Å². The van der Waals surface area contributed by atoms with Gasteiger partial charge in [-0.2, -0.15) is 4.31 Å². The molecule has 0 aromatic heterocycles. The molecular formula is C12H15ClF2N2O2S. The highest BCUT2D eigenvalue weighted by atomic mass is 35.5. The van der Waals surface area contributed by atoms with Crippen LogP contribution in [0.15, 0.2) is 23.1 Å². The lowest BCUT2D eigenvalue weighted by Crippen LogP contribution is -2.32. The molecule has 2 fully saturated rings. The quantitative estimate of drug-likeness (QED) is 0.890. The third kappa shape index (κ3) is 2.55. The van der Waals surface area contributed by atoms with Gasteiger partial charge in [0.2, 0.25) is 10.0 Å².